The van der Waals surface area contributed by atoms with Gasteiger partial charge >= 0.3 is 0 Å². The van der Waals surface area contributed by atoms with E-state index < -0.39 is 11.5 Å². The summed E-state index contributed by atoms with van der Waals surface area (Å²) >= 11 is 0. The molecule has 0 unspecified atom stereocenters. The summed E-state index contributed by atoms with van der Waals surface area (Å²) in [7, 11) is 0. The average molecular weight is 530 g/mol. The molecule has 198 valence electrons. The SMILES string of the molecule is N#C[C@H]1CC[C@H](c2cc(-c3ccc(NC(=O)c4cccn(-c5ccccc5)c4=O)cc3)c3c(N)ncnn32)CC1. The molecule has 1 aliphatic carbocycles. The number of amides is 1. The summed E-state index contributed by atoms with van der Waals surface area (Å²) in [6.07, 6.45) is 6.69. The molecule has 0 spiro atoms. The third kappa shape index (κ3) is 4.60. The molecule has 0 radical (unpaired) electrons. The molecular weight excluding hydrogens is 502 g/mol. The first-order chi connectivity index (χ1) is 19.5. The lowest BCUT2D eigenvalue weighted by molar-refractivity contribution is 0.102. The van der Waals surface area contributed by atoms with Gasteiger partial charge in [0, 0.05) is 40.7 Å². The van der Waals surface area contributed by atoms with E-state index in [1.165, 1.54) is 17.0 Å². The fourth-order valence-corrected chi connectivity index (χ4v) is 5.51. The van der Waals surface area contributed by atoms with Crippen molar-refractivity contribution in [3.8, 4) is 22.9 Å². The van der Waals surface area contributed by atoms with E-state index in [0.29, 0.717) is 17.2 Å². The highest BCUT2D eigenvalue weighted by atomic mass is 16.2. The first kappa shape index (κ1) is 25.1. The van der Waals surface area contributed by atoms with Gasteiger partial charge in [-0.3, -0.25) is 14.2 Å². The van der Waals surface area contributed by atoms with E-state index in [2.05, 4.69) is 27.5 Å². The third-order valence-corrected chi connectivity index (χ3v) is 7.62. The van der Waals surface area contributed by atoms with Crippen LogP contribution in [0.15, 0.2) is 90.1 Å². The maximum Gasteiger partial charge on any atom is 0.267 e. The molecule has 3 N–H and O–H groups in total. The van der Waals surface area contributed by atoms with Crippen LogP contribution in [0.4, 0.5) is 11.5 Å². The Labute approximate surface area is 230 Å². The summed E-state index contributed by atoms with van der Waals surface area (Å²) in [5.41, 5.74) is 10.8. The van der Waals surface area contributed by atoms with Gasteiger partial charge in [-0.2, -0.15) is 10.4 Å². The molecule has 2 aromatic carbocycles. The molecule has 0 atom stereocenters. The predicted molar refractivity (Wildman–Crippen MR) is 153 cm³/mol. The van der Waals surface area contributed by atoms with Crippen LogP contribution in [0.2, 0.25) is 0 Å². The van der Waals surface area contributed by atoms with Gasteiger partial charge in [0.2, 0.25) is 0 Å². The van der Waals surface area contributed by atoms with Gasteiger partial charge in [0.1, 0.15) is 17.4 Å². The Morgan fingerprint density at radius 1 is 1.00 bits per heavy atom. The van der Waals surface area contributed by atoms with Crippen molar-refractivity contribution in [2.24, 2.45) is 5.92 Å². The van der Waals surface area contributed by atoms with Crippen molar-refractivity contribution >= 4 is 22.9 Å². The molecule has 5 aromatic rings. The maximum absolute atomic E-state index is 13.0. The molecule has 1 fully saturated rings. The van der Waals surface area contributed by atoms with Gasteiger partial charge in [-0.15, -0.1) is 0 Å². The Hall–Kier alpha value is -5.23. The molecule has 9 heteroatoms. The number of aromatic nitrogens is 4. The number of fused-ring (bicyclic) bond motifs is 1. The highest BCUT2D eigenvalue weighted by Crippen LogP contribution is 2.40. The van der Waals surface area contributed by atoms with Crippen molar-refractivity contribution in [2.45, 2.75) is 31.6 Å². The molecular formula is C31H27N7O2. The molecule has 1 amide bonds. The van der Waals surface area contributed by atoms with E-state index in [4.69, 9.17) is 5.73 Å². The fourth-order valence-electron chi connectivity index (χ4n) is 5.51. The van der Waals surface area contributed by atoms with E-state index >= 15 is 0 Å². The molecule has 9 nitrogen and oxygen atoms in total. The molecule has 1 saturated carbocycles. The van der Waals surface area contributed by atoms with E-state index in [-0.39, 0.29) is 17.4 Å². The van der Waals surface area contributed by atoms with E-state index in [0.717, 1.165) is 48.0 Å². The van der Waals surface area contributed by atoms with Crippen LogP contribution in [-0.4, -0.2) is 25.1 Å². The van der Waals surface area contributed by atoms with Gasteiger partial charge in [0.05, 0.1) is 6.07 Å². The van der Waals surface area contributed by atoms with Crippen LogP contribution < -0.4 is 16.6 Å². The number of carbonyl (C=O) groups excluding carboxylic acids is 1. The number of pyridine rings is 1. The highest BCUT2D eigenvalue weighted by Gasteiger charge is 2.27. The molecule has 40 heavy (non-hydrogen) atoms. The van der Waals surface area contributed by atoms with Crippen LogP contribution >= 0.6 is 0 Å². The third-order valence-electron chi connectivity index (χ3n) is 7.62. The Balaban J connectivity index is 1.27. The number of nitrogens with one attached hydrogen (secondary N) is 1. The lowest BCUT2D eigenvalue weighted by Crippen LogP contribution is -2.27. The Bertz CT molecular complexity index is 1790. The average Bonchev–Trinajstić information content (AvgIpc) is 3.39. The molecule has 0 bridgehead atoms. The number of nitrogen functional groups attached to an aromatic ring is 1. The summed E-state index contributed by atoms with van der Waals surface area (Å²) in [6.45, 7) is 0. The van der Waals surface area contributed by atoms with E-state index in [1.54, 1.807) is 24.4 Å². The van der Waals surface area contributed by atoms with Crippen molar-refractivity contribution in [3.05, 3.63) is 107 Å². The number of hydrogen-bond donors (Lipinski definition) is 2. The Morgan fingerprint density at radius 3 is 2.48 bits per heavy atom. The van der Waals surface area contributed by atoms with Crippen molar-refractivity contribution in [1.82, 2.24) is 19.2 Å². The second-order valence-electron chi connectivity index (χ2n) is 10.0. The van der Waals surface area contributed by atoms with Gasteiger partial charge in [0.15, 0.2) is 5.82 Å². The van der Waals surface area contributed by atoms with Crippen LogP contribution in [0.25, 0.3) is 22.3 Å². The molecule has 3 heterocycles. The molecule has 0 saturated heterocycles. The maximum atomic E-state index is 13.0. The predicted octanol–water partition coefficient (Wildman–Crippen LogP) is 5.18. The number of rotatable bonds is 5. The summed E-state index contributed by atoms with van der Waals surface area (Å²) in [5.74, 6) is 0.300. The number of carbonyl (C=O) groups is 1. The quantitative estimate of drug-likeness (QED) is 0.323. The van der Waals surface area contributed by atoms with Crippen LogP contribution in [0, 0.1) is 17.2 Å². The number of para-hydroxylation sites is 1. The van der Waals surface area contributed by atoms with Crippen LogP contribution in [0.3, 0.4) is 0 Å². The molecule has 1 aliphatic rings. The van der Waals surface area contributed by atoms with Gasteiger partial charge in [-0.25, -0.2) is 9.50 Å². The number of hydrogen-bond acceptors (Lipinski definition) is 6. The number of nitrogens with zero attached hydrogens (tertiary/aromatic N) is 5. The lowest BCUT2D eigenvalue weighted by atomic mass is 9.81. The summed E-state index contributed by atoms with van der Waals surface area (Å²) in [4.78, 5) is 30.3. The van der Waals surface area contributed by atoms with Crippen molar-refractivity contribution in [1.29, 1.82) is 5.26 Å². The molecule has 3 aromatic heterocycles. The largest absolute Gasteiger partial charge is 0.382 e. The first-order valence-corrected chi connectivity index (χ1v) is 13.2. The molecule has 0 aliphatic heterocycles. The van der Waals surface area contributed by atoms with Gasteiger partial charge in [-0.1, -0.05) is 30.3 Å². The minimum atomic E-state index is -0.481. The monoisotopic (exact) mass is 529 g/mol. The number of nitrogens with two attached hydrogens (primary N) is 1. The van der Waals surface area contributed by atoms with Crippen molar-refractivity contribution in [2.75, 3.05) is 11.1 Å². The van der Waals surface area contributed by atoms with Crippen LogP contribution in [0.5, 0.6) is 0 Å². The zero-order valence-corrected chi connectivity index (χ0v) is 21.7. The van der Waals surface area contributed by atoms with Crippen molar-refractivity contribution < 1.29 is 4.79 Å². The van der Waals surface area contributed by atoms with Crippen LogP contribution in [-0.2, 0) is 0 Å². The first-order valence-electron chi connectivity index (χ1n) is 13.2. The Morgan fingerprint density at radius 2 is 1.75 bits per heavy atom. The zero-order valence-electron chi connectivity index (χ0n) is 21.7. The summed E-state index contributed by atoms with van der Waals surface area (Å²) in [5, 5.41) is 16.6. The van der Waals surface area contributed by atoms with E-state index in [1.807, 2.05) is 47.0 Å². The van der Waals surface area contributed by atoms with E-state index in [9.17, 15) is 14.9 Å². The minimum absolute atomic E-state index is 0.0505. The van der Waals surface area contributed by atoms with Gasteiger partial charge in [-0.05, 0) is 73.7 Å². The fraction of sp³-hybridized carbons (Fsp3) is 0.194. The zero-order chi connectivity index (χ0) is 27.6. The second-order valence-corrected chi connectivity index (χ2v) is 10.0. The minimum Gasteiger partial charge on any atom is -0.382 e. The summed E-state index contributed by atoms with van der Waals surface area (Å²) < 4.78 is 3.32. The standard InChI is InChI=1S/C31H27N7O2/c32-18-20-8-10-22(11-9-20)27-17-26(28-29(33)34-19-35-38(27)28)21-12-14-23(15-13-21)36-30(39)25-7-4-16-37(31(25)40)24-5-2-1-3-6-24/h1-7,12-17,19-20,22H,8-11H2,(H,36,39)(H2,33,34,35)/t20-,22-. The lowest BCUT2D eigenvalue weighted by Gasteiger charge is -2.24. The summed E-state index contributed by atoms with van der Waals surface area (Å²) in [6, 6.07) is 24.3. The number of anilines is 2. The molecule has 6 rings (SSSR count). The topological polar surface area (TPSA) is 131 Å². The normalized spacial score (nSPS) is 16.9. The van der Waals surface area contributed by atoms with Gasteiger partial charge < -0.3 is 11.1 Å². The van der Waals surface area contributed by atoms with Crippen molar-refractivity contribution in [3.63, 3.8) is 0 Å². The van der Waals surface area contributed by atoms with Crippen LogP contribution in [0.1, 0.15) is 47.7 Å². The number of benzene rings is 2. The number of nitriles is 1. The second kappa shape index (κ2) is 10.5. The Kier molecular flexibility index (Phi) is 6.58. The van der Waals surface area contributed by atoms with Gasteiger partial charge in [0.25, 0.3) is 11.5 Å². The highest BCUT2D eigenvalue weighted by molar-refractivity contribution is 6.04. The smallest absolute Gasteiger partial charge is 0.267 e.